The van der Waals surface area contributed by atoms with Gasteiger partial charge in [-0.3, -0.25) is 0 Å². The number of carbonyl (C=O) groups is 1. The predicted molar refractivity (Wildman–Crippen MR) is 63.6 cm³/mol. The van der Waals surface area contributed by atoms with Crippen LogP contribution in [-0.4, -0.2) is 15.5 Å². The van der Waals surface area contributed by atoms with Crippen LogP contribution in [-0.2, 0) is 11.3 Å². The van der Waals surface area contributed by atoms with E-state index in [4.69, 9.17) is 0 Å². The molecule has 0 aliphatic rings. The molecule has 1 aromatic heterocycles. The van der Waals surface area contributed by atoms with Gasteiger partial charge < -0.3 is 14.5 Å². The van der Waals surface area contributed by atoms with Crippen LogP contribution in [0, 0.1) is 20.8 Å². The molecule has 2 aromatic rings. The van der Waals surface area contributed by atoms with Crippen molar-refractivity contribution in [2.45, 2.75) is 33.7 Å². The van der Waals surface area contributed by atoms with Gasteiger partial charge >= 0.3 is 18.9 Å². The van der Waals surface area contributed by atoms with E-state index in [2.05, 4.69) is 11.1 Å². The fraction of sp³-hybridized carbons (Fsp3) is 0.385. The fourth-order valence-corrected chi connectivity index (χ4v) is 2.17. The molecule has 0 aliphatic heterocycles. The molecule has 0 radical (unpaired) electrons. The third-order valence-electron chi connectivity index (χ3n) is 2.92. The number of carboxylic acids is 1. The average molecular weight is 238 g/mol. The molecule has 1 heterocycles. The van der Waals surface area contributed by atoms with Gasteiger partial charge in [0.2, 0.25) is 0 Å². The zero-order chi connectivity index (χ0) is 12.6. The molecule has 5 heteroatoms. The molecular weight excluding hydrogens is 223 g/mol. The van der Waals surface area contributed by atoms with E-state index in [0.717, 1.165) is 28.0 Å². The van der Waals surface area contributed by atoms with Gasteiger partial charge in [-0.05, 0) is 38.0 Å². The minimum atomic E-state index is -1.03. The van der Waals surface area contributed by atoms with Crippen molar-refractivity contribution >= 4 is 17.0 Å². The topological polar surface area (TPSA) is 58.0 Å². The molecule has 0 spiro atoms. The number of nitrogens with zero attached hydrogens (tertiary/aromatic N) is 2. The summed E-state index contributed by atoms with van der Waals surface area (Å²) in [5.74, 6) is -0.189. The van der Waals surface area contributed by atoms with Gasteiger partial charge in [0.1, 0.15) is 5.82 Å². The monoisotopic (exact) mass is 238 g/mol. The van der Waals surface area contributed by atoms with Crippen LogP contribution < -0.4 is 24.0 Å². The number of aliphatic carboxylic acids is 1. The number of carboxylic acid groups (broad SMARTS) is 1. The molecule has 0 unspecified atom stereocenters. The van der Waals surface area contributed by atoms with Crippen molar-refractivity contribution in [3.63, 3.8) is 0 Å². The summed E-state index contributed by atoms with van der Waals surface area (Å²) in [6.07, 6.45) is 0.0132. The van der Waals surface area contributed by atoms with Crippen molar-refractivity contribution < 1.29 is 28.8 Å². The number of fused-ring (bicyclic) bond motifs is 1. The van der Waals surface area contributed by atoms with E-state index in [1.807, 2.05) is 31.4 Å². The molecule has 0 bridgehead atoms. The summed E-state index contributed by atoms with van der Waals surface area (Å²) >= 11 is 0. The Morgan fingerprint density at radius 1 is 1.33 bits per heavy atom. The molecule has 0 amide bonds. The summed E-state index contributed by atoms with van der Waals surface area (Å²) in [5.41, 5.74) is 4.23. The smallest absolute Gasteiger partial charge is 0.550 e. The van der Waals surface area contributed by atoms with Crippen molar-refractivity contribution in [1.29, 1.82) is 0 Å². The number of hydrogen-bond donors (Lipinski definition) is 0. The van der Waals surface area contributed by atoms with E-state index in [9.17, 15) is 9.90 Å². The second-order valence-electron chi connectivity index (χ2n) is 4.38. The standard InChI is InChI=1S/C13H16N2O2.Li/c1-8-6-9(2)13-11(7-8)15(10(3)14-13)5-4-12(16)17;/h6-7H,4-5H2,1-3H3,(H,16,17);/q;+1/p-1. The molecule has 0 aliphatic carbocycles. The third kappa shape index (κ3) is 2.77. The number of hydrogen-bond acceptors (Lipinski definition) is 3. The number of aromatic nitrogens is 2. The van der Waals surface area contributed by atoms with Crippen LogP contribution in [0.25, 0.3) is 11.0 Å². The Labute approximate surface area is 118 Å². The Balaban J connectivity index is 0.00000162. The Morgan fingerprint density at radius 3 is 2.61 bits per heavy atom. The van der Waals surface area contributed by atoms with Crippen molar-refractivity contribution in [2.75, 3.05) is 0 Å². The van der Waals surface area contributed by atoms with E-state index in [1.165, 1.54) is 0 Å². The Bertz CT molecular complexity index is 590. The summed E-state index contributed by atoms with van der Waals surface area (Å²) in [6.45, 7) is 6.35. The predicted octanol–water partition coefficient (Wildman–Crippen LogP) is -1.89. The van der Waals surface area contributed by atoms with Gasteiger partial charge in [-0.1, -0.05) is 6.07 Å². The van der Waals surface area contributed by atoms with Crippen molar-refractivity contribution in [3.8, 4) is 0 Å². The minimum absolute atomic E-state index is 0. The first kappa shape index (κ1) is 14.8. The molecule has 2 rings (SSSR count). The zero-order valence-electron chi connectivity index (χ0n) is 11.3. The van der Waals surface area contributed by atoms with E-state index in [0.29, 0.717) is 6.54 Å². The molecule has 90 valence electrons. The maximum Gasteiger partial charge on any atom is 1.00 e. The van der Waals surface area contributed by atoms with Crippen LogP contribution in [0.15, 0.2) is 12.1 Å². The van der Waals surface area contributed by atoms with Gasteiger partial charge in [0.15, 0.2) is 0 Å². The van der Waals surface area contributed by atoms with Crippen LogP contribution in [0.3, 0.4) is 0 Å². The largest absolute Gasteiger partial charge is 1.00 e. The third-order valence-corrected chi connectivity index (χ3v) is 2.92. The number of imidazole rings is 1. The Hall–Kier alpha value is -1.24. The normalized spacial score (nSPS) is 10.4. The number of carbonyl (C=O) groups excluding carboxylic acids is 1. The maximum atomic E-state index is 10.5. The number of benzene rings is 1. The number of rotatable bonds is 3. The maximum absolute atomic E-state index is 10.5. The SMILES string of the molecule is Cc1cc(C)c2nc(C)n(CCC(=O)[O-])c2c1.[Li+]. The van der Waals surface area contributed by atoms with Gasteiger partial charge in [-0.25, -0.2) is 4.98 Å². The average Bonchev–Trinajstić information content (AvgIpc) is 2.52. The molecule has 1 aromatic carbocycles. The summed E-state index contributed by atoms with van der Waals surface area (Å²) in [7, 11) is 0. The van der Waals surface area contributed by atoms with Crippen molar-refractivity contribution in [1.82, 2.24) is 9.55 Å². The minimum Gasteiger partial charge on any atom is -0.550 e. The summed E-state index contributed by atoms with van der Waals surface area (Å²) in [4.78, 5) is 15.0. The van der Waals surface area contributed by atoms with Gasteiger partial charge in [-0.2, -0.15) is 0 Å². The van der Waals surface area contributed by atoms with E-state index >= 15 is 0 Å². The van der Waals surface area contributed by atoms with Crippen LogP contribution in [0.2, 0.25) is 0 Å². The molecule has 0 fully saturated rings. The fourth-order valence-electron chi connectivity index (χ4n) is 2.17. The quantitative estimate of drug-likeness (QED) is 0.587. The van der Waals surface area contributed by atoms with Crippen LogP contribution in [0.4, 0.5) is 0 Å². The first-order valence-corrected chi connectivity index (χ1v) is 5.63. The Morgan fingerprint density at radius 2 is 2.00 bits per heavy atom. The van der Waals surface area contributed by atoms with E-state index in [1.54, 1.807) is 0 Å². The summed E-state index contributed by atoms with van der Waals surface area (Å²) < 4.78 is 1.94. The summed E-state index contributed by atoms with van der Waals surface area (Å²) in [6, 6.07) is 4.12. The van der Waals surface area contributed by atoms with E-state index < -0.39 is 5.97 Å². The molecule has 4 nitrogen and oxygen atoms in total. The second-order valence-corrected chi connectivity index (χ2v) is 4.38. The molecule has 18 heavy (non-hydrogen) atoms. The number of aryl methyl sites for hydroxylation is 4. The second kappa shape index (κ2) is 5.60. The van der Waals surface area contributed by atoms with Crippen molar-refractivity contribution in [2.24, 2.45) is 0 Å². The molecule has 0 N–H and O–H groups in total. The van der Waals surface area contributed by atoms with Crippen LogP contribution >= 0.6 is 0 Å². The molecule has 0 atom stereocenters. The van der Waals surface area contributed by atoms with Gasteiger partial charge in [0, 0.05) is 18.9 Å². The molecular formula is C13H15LiN2O2. The van der Waals surface area contributed by atoms with Gasteiger partial charge in [0.05, 0.1) is 11.0 Å². The van der Waals surface area contributed by atoms with Gasteiger partial charge in [0.25, 0.3) is 0 Å². The molecule has 0 saturated carbocycles. The summed E-state index contributed by atoms with van der Waals surface area (Å²) in [5, 5.41) is 10.5. The zero-order valence-corrected chi connectivity index (χ0v) is 11.3. The first-order valence-electron chi connectivity index (χ1n) is 5.63. The van der Waals surface area contributed by atoms with E-state index in [-0.39, 0.29) is 25.3 Å². The van der Waals surface area contributed by atoms with Crippen LogP contribution in [0.5, 0.6) is 0 Å². The van der Waals surface area contributed by atoms with Gasteiger partial charge in [-0.15, -0.1) is 0 Å². The first-order chi connectivity index (χ1) is 7.99. The molecule has 0 saturated heterocycles. The Kier molecular flexibility index (Phi) is 4.61. The van der Waals surface area contributed by atoms with Crippen molar-refractivity contribution in [3.05, 3.63) is 29.1 Å². The van der Waals surface area contributed by atoms with Crippen LogP contribution in [0.1, 0.15) is 23.4 Å².